The number of H-pyrrole nitrogens is 2. The van der Waals surface area contributed by atoms with Gasteiger partial charge in [-0.3, -0.25) is 4.79 Å². The Morgan fingerprint density at radius 2 is 1.74 bits per heavy atom. The lowest BCUT2D eigenvalue weighted by Gasteiger charge is -2.17. The molecule has 0 radical (unpaired) electrons. The molecule has 1 atom stereocenters. The Hall–Kier alpha value is -4.53. The van der Waals surface area contributed by atoms with Crippen LogP contribution in [0.25, 0.3) is 44.9 Å². The monoisotopic (exact) mass is 608 g/mol. The van der Waals surface area contributed by atoms with Gasteiger partial charge in [-0.25, -0.2) is 10.1 Å². The standard InChI is InChI=1S/C34H29ClN4O3S/c1-3-7-21(20-8-5-4-6-9-20)17-31(40)22-10-13-25(28(16-22)33-38-34(43)42-39-33)27-18-23(35)11-14-26(27)32-36-29-15-12-24(41-2)19-30(29)37-32/h4-6,8-16,18-19,21H,3,7,17H2,1-2H3,(H,36,37)(H,38,39,43)/t21-/m0/s1. The molecule has 0 fully saturated rings. The number of imidazole rings is 1. The smallest absolute Gasteiger partial charge is 0.314 e. The summed E-state index contributed by atoms with van der Waals surface area (Å²) in [5.41, 5.74) is 6.49. The highest BCUT2D eigenvalue weighted by Gasteiger charge is 2.22. The first kappa shape index (κ1) is 28.6. The summed E-state index contributed by atoms with van der Waals surface area (Å²) in [4.78, 5) is 26.4. The van der Waals surface area contributed by atoms with Crippen molar-refractivity contribution in [2.24, 2.45) is 0 Å². The second-order valence-corrected chi connectivity index (χ2v) is 11.2. The molecular weight excluding hydrogens is 580 g/mol. The van der Waals surface area contributed by atoms with E-state index in [1.807, 2.05) is 72.8 Å². The van der Waals surface area contributed by atoms with Gasteiger partial charge in [-0.1, -0.05) is 67.4 Å². The van der Waals surface area contributed by atoms with Gasteiger partial charge in [0.15, 0.2) is 11.6 Å². The molecule has 6 aromatic rings. The van der Waals surface area contributed by atoms with Crippen LogP contribution in [-0.2, 0) is 0 Å². The number of rotatable bonds is 10. The van der Waals surface area contributed by atoms with E-state index in [9.17, 15) is 4.79 Å². The summed E-state index contributed by atoms with van der Waals surface area (Å²) < 4.78 is 10.7. The highest BCUT2D eigenvalue weighted by Crippen LogP contribution is 2.40. The fourth-order valence-electron chi connectivity index (χ4n) is 5.48. The molecule has 0 unspecified atom stereocenters. The van der Waals surface area contributed by atoms with Gasteiger partial charge in [-0.2, -0.15) is 4.98 Å². The van der Waals surface area contributed by atoms with Gasteiger partial charge in [-0.05, 0) is 77.6 Å². The molecule has 43 heavy (non-hydrogen) atoms. The first-order valence-electron chi connectivity index (χ1n) is 14.1. The maximum atomic E-state index is 13.7. The lowest BCUT2D eigenvalue weighted by atomic mass is 9.87. The molecule has 9 heteroatoms. The molecule has 6 rings (SSSR count). The van der Waals surface area contributed by atoms with Crippen LogP contribution in [0.4, 0.5) is 0 Å². The van der Waals surface area contributed by atoms with Crippen molar-refractivity contribution in [2.75, 3.05) is 7.11 Å². The third-order valence-electron chi connectivity index (χ3n) is 7.59. The molecule has 0 amide bonds. The minimum Gasteiger partial charge on any atom is -0.497 e. The zero-order valence-corrected chi connectivity index (χ0v) is 25.3. The summed E-state index contributed by atoms with van der Waals surface area (Å²) >= 11 is 11.7. The summed E-state index contributed by atoms with van der Waals surface area (Å²) in [5.74, 6) is 2.00. The molecule has 4 aromatic carbocycles. The second kappa shape index (κ2) is 12.4. The molecule has 0 saturated heterocycles. The van der Waals surface area contributed by atoms with Crippen LogP contribution in [0.5, 0.6) is 5.75 Å². The molecule has 0 aliphatic carbocycles. The Morgan fingerprint density at radius 1 is 0.930 bits per heavy atom. The van der Waals surface area contributed by atoms with Gasteiger partial charge < -0.3 is 14.2 Å². The minimum atomic E-state index is 0.0507. The number of nitrogens with zero attached hydrogens (tertiary/aromatic N) is 2. The van der Waals surface area contributed by atoms with Crippen LogP contribution in [-0.4, -0.2) is 33.0 Å². The molecule has 0 spiro atoms. The molecule has 216 valence electrons. The fraction of sp³-hybridized carbons (Fsp3) is 0.176. The summed E-state index contributed by atoms with van der Waals surface area (Å²) in [6, 6.07) is 27.2. The normalized spacial score (nSPS) is 12.0. The number of Topliss-reactive ketones (excluding diaryl/α,β-unsaturated/α-hetero) is 1. The summed E-state index contributed by atoms with van der Waals surface area (Å²) in [6.45, 7) is 2.14. The van der Waals surface area contributed by atoms with E-state index >= 15 is 0 Å². The van der Waals surface area contributed by atoms with Crippen LogP contribution in [0.1, 0.15) is 48.0 Å². The number of aromatic amines is 2. The van der Waals surface area contributed by atoms with Gasteiger partial charge in [0.05, 0.1) is 18.1 Å². The van der Waals surface area contributed by atoms with E-state index in [-0.39, 0.29) is 16.5 Å². The van der Waals surface area contributed by atoms with Gasteiger partial charge in [0.25, 0.3) is 0 Å². The molecule has 2 N–H and O–H groups in total. The van der Waals surface area contributed by atoms with Gasteiger partial charge in [0.1, 0.15) is 11.6 Å². The average Bonchev–Trinajstić information content (AvgIpc) is 3.66. The number of ether oxygens (including phenoxy) is 1. The lowest BCUT2D eigenvalue weighted by molar-refractivity contribution is 0.0972. The Balaban J connectivity index is 1.45. The van der Waals surface area contributed by atoms with Crippen LogP contribution in [0, 0.1) is 4.84 Å². The van der Waals surface area contributed by atoms with E-state index < -0.39 is 0 Å². The fourth-order valence-corrected chi connectivity index (χ4v) is 5.79. The number of fused-ring (bicyclic) bond motifs is 1. The number of hydrogen-bond donors (Lipinski definition) is 2. The lowest BCUT2D eigenvalue weighted by Crippen LogP contribution is -2.08. The van der Waals surface area contributed by atoms with Crippen LogP contribution in [0.15, 0.2) is 89.5 Å². The second-order valence-electron chi connectivity index (χ2n) is 10.4. The molecule has 0 saturated carbocycles. The third-order valence-corrected chi connectivity index (χ3v) is 8.00. The topological polar surface area (TPSA) is 96.8 Å². The highest BCUT2D eigenvalue weighted by molar-refractivity contribution is 7.71. The van der Waals surface area contributed by atoms with Crippen molar-refractivity contribution in [2.45, 2.75) is 32.1 Å². The first-order valence-corrected chi connectivity index (χ1v) is 14.8. The van der Waals surface area contributed by atoms with Crippen molar-refractivity contribution in [1.82, 2.24) is 20.1 Å². The molecule has 2 heterocycles. The van der Waals surface area contributed by atoms with Crippen molar-refractivity contribution in [3.8, 4) is 39.7 Å². The number of benzene rings is 4. The first-order chi connectivity index (χ1) is 20.9. The number of ketones is 1. The SMILES string of the molecule is CCC[C@@H](CC(=O)c1ccc(-c2cc(Cl)ccc2-c2nc3ccc(OC)cc3[nH]2)c(-c2nc(=S)o[nH]2)c1)c1ccccc1. The molecular formula is C34H29ClN4O3S. The van der Waals surface area contributed by atoms with Crippen LogP contribution in [0.2, 0.25) is 5.02 Å². The van der Waals surface area contributed by atoms with Gasteiger partial charge in [0.2, 0.25) is 0 Å². The largest absolute Gasteiger partial charge is 0.497 e. The molecule has 2 aromatic heterocycles. The van der Waals surface area contributed by atoms with Crippen molar-refractivity contribution in [1.29, 1.82) is 0 Å². The van der Waals surface area contributed by atoms with Crippen LogP contribution < -0.4 is 4.74 Å². The molecule has 7 nitrogen and oxygen atoms in total. The van der Waals surface area contributed by atoms with Crippen molar-refractivity contribution >= 4 is 40.6 Å². The number of methoxy groups -OCH3 is 1. The van der Waals surface area contributed by atoms with Crippen LogP contribution >= 0.6 is 23.8 Å². The summed E-state index contributed by atoms with van der Waals surface area (Å²) in [6.07, 6.45) is 2.31. The number of carbonyl (C=O) groups excluding carboxylic acids is 1. The van der Waals surface area contributed by atoms with Gasteiger partial charge >= 0.3 is 4.84 Å². The number of hydrogen-bond acceptors (Lipinski definition) is 6. The Labute approximate surface area is 258 Å². The maximum absolute atomic E-state index is 13.7. The molecule has 0 aliphatic heterocycles. The minimum absolute atomic E-state index is 0.0507. The number of carbonyl (C=O) groups is 1. The maximum Gasteiger partial charge on any atom is 0.314 e. The van der Waals surface area contributed by atoms with E-state index in [0.29, 0.717) is 34.2 Å². The third kappa shape index (κ3) is 6.02. The van der Waals surface area contributed by atoms with Crippen molar-refractivity contribution in [3.63, 3.8) is 0 Å². The Bertz CT molecular complexity index is 1980. The predicted molar refractivity (Wildman–Crippen MR) is 172 cm³/mol. The van der Waals surface area contributed by atoms with Crippen molar-refractivity contribution < 1.29 is 14.1 Å². The van der Waals surface area contributed by atoms with E-state index in [4.69, 9.17) is 38.1 Å². The number of aromatic nitrogens is 4. The number of halogens is 1. The quantitative estimate of drug-likeness (QED) is 0.119. The summed E-state index contributed by atoms with van der Waals surface area (Å²) in [5, 5.41) is 3.38. The summed E-state index contributed by atoms with van der Waals surface area (Å²) in [7, 11) is 1.63. The van der Waals surface area contributed by atoms with Crippen molar-refractivity contribution in [3.05, 3.63) is 106 Å². The van der Waals surface area contributed by atoms with E-state index in [0.717, 1.165) is 46.3 Å². The van der Waals surface area contributed by atoms with E-state index in [2.05, 4.69) is 34.2 Å². The predicted octanol–water partition coefficient (Wildman–Crippen LogP) is 9.43. The Morgan fingerprint density at radius 3 is 2.49 bits per heavy atom. The van der Waals surface area contributed by atoms with Crippen LogP contribution in [0.3, 0.4) is 0 Å². The molecule has 0 aliphatic rings. The van der Waals surface area contributed by atoms with E-state index in [1.54, 1.807) is 7.11 Å². The highest BCUT2D eigenvalue weighted by atomic mass is 35.5. The Kier molecular flexibility index (Phi) is 8.22. The zero-order valence-electron chi connectivity index (χ0n) is 23.7. The number of nitrogens with one attached hydrogen (secondary N) is 2. The van der Waals surface area contributed by atoms with Gasteiger partial charge in [-0.15, -0.1) is 0 Å². The zero-order chi connectivity index (χ0) is 29.9. The average molecular weight is 609 g/mol. The van der Waals surface area contributed by atoms with Gasteiger partial charge in [0, 0.05) is 34.2 Å². The van der Waals surface area contributed by atoms with E-state index in [1.165, 1.54) is 5.56 Å². The molecule has 0 bridgehead atoms.